The molecule has 0 aliphatic rings. The predicted octanol–water partition coefficient (Wildman–Crippen LogP) is 3.49. The molecule has 0 saturated heterocycles. The average molecular weight is 256 g/mol. The molecule has 0 spiro atoms. The van der Waals surface area contributed by atoms with Gasteiger partial charge < -0.3 is 11.1 Å². The second kappa shape index (κ2) is 5.69. The third kappa shape index (κ3) is 3.22. The summed E-state index contributed by atoms with van der Waals surface area (Å²) < 4.78 is 0. The number of benzene rings is 1. The number of aryl methyl sites for hydroxylation is 1. The Balaban J connectivity index is 2.32. The lowest BCUT2D eigenvalue weighted by Gasteiger charge is -2.12. The van der Waals surface area contributed by atoms with E-state index in [0.29, 0.717) is 5.82 Å². The van der Waals surface area contributed by atoms with Crippen LogP contribution in [0.25, 0.3) is 0 Å². The highest BCUT2D eigenvalue weighted by Gasteiger charge is 2.07. The lowest BCUT2D eigenvalue weighted by molar-refractivity contribution is 0.779. The standard InChI is InChI=1S/C15H20N4/c1-4-11-7-5-6-8-12(11)17-14-9-13(16)18-15(19-14)10(2)3/h5-10H,4H2,1-3H3,(H3,16,17,18,19). The highest BCUT2D eigenvalue weighted by Crippen LogP contribution is 2.22. The van der Waals surface area contributed by atoms with Gasteiger partial charge in [-0.05, 0) is 18.1 Å². The van der Waals surface area contributed by atoms with Crippen molar-refractivity contribution in [2.24, 2.45) is 0 Å². The zero-order chi connectivity index (χ0) is 13.8. The Morgan fingerprint density at radius 1 is 1.21 bits per heavy atom. The van der Waals surface area contributed by atoms with Crippen molar-refractivity contribution in [1.82, 2.24) is 9.97 Å². The summed E-state index contributed by atoms with van der Waals surface area (Å²) in [6.45, 7) is 6.24. The van der Waals surface area contributed by atoms with Gasteiger partial charge in [0, 0.05) is 17.7 Å². The number of nitrogens with one attached hydrogen (secondary N) is 1. The third-order valence-electron chi connectivity index (χ3n) is 2.94. The van der Waals surface area contributed by atoms with E-state index in [0.717, 1.165) is 23.8 Å². The second-order valence-electron chi connectivity index (χ2n) is 4.83. The lowest BCUT2D eigenvalue weighted by Crippen LogP contribution is -2.05. The molecule has 1 heterocycles. The molecule has 2 aromatic rings. The fraction of sp³-hybridized carbons (Fsp3) is 0.333. The van der Waals surface area contributed by atoms with Crippen LogP contribution in [0.1, 0.15) is 38.1 Å². The van der Waals surface area contributed by atoms with Crippen LogP contribution in [0, 0.1) is 0 Å². The molecule has 0 saturated carbocycles. The van der Waals surface area contributed by atoms with Gasteiger partial charge in [-0.25, -0.2) is 9.97 Å². The summed E-state index contributed by atoms with van der Waals surface area (Å²) in [6, 6.07) is 9.97. The summed E-state index contributed by atoms with van der Waals surface area (Å²) in [5.41, 5.74) is 8.15. The maximum absolute atomic E-state index is 5.83. The first-order chi connectivity index (χ1) is 9.10. The molecule has 2 rings (SSSR count). The Hall–Kier alpha value is -2.10. The molecule has 19 heavy (non-hydrogen) atoms. The van der Waals surface area contributed by atoms with Crippen LogP contribution in [0.3, 0.4) is 0 Å². The number of para-hydroxylation sites is 1. The summed E-state index contributed by atoms with van der Waals surface area (Å²) in [4.78, 5) is 8.75. The highest BCUT2D eigenvalue weighted by molar-refractivity contribution is 5.62. The molecule has 0 aliphatic heterocycles. The maximum Gasteiger partial charge on any atom is 0.136 e. The minimum absolute atomic E-state index is 0.255. The molecule has 0 amide bonds. The van der Waals surface area contributed by atoms with Gasteiger partial charge in [0.25, 0.3) is 0 Å². The molecular formula is C15H20N4. The third-order valence-corrected chi connectivity index (χ3v) is 2.94. The van der Waals surface area contributed by atoms with Gasteiger partial charge >= 0.3 is 0 Å². The van der Waals surface area contributed by atoms with E-state index in [1.165, 1.54) is 5.56 Å². The minimum Gasteiger partial charge on any atom is -0.384 e. The summed E-state index contributed by atoms with van der Waals surface area (Å²) in [5.74, 6) is 2.26. The van der Waals surface area contributed by atoms with Crippen LogP contribution >= 0.6 is 0 Å². The first-order valence-corrected chi connectivity index (χ1v) is 6.59. The van der Waals surface area contributed by atoms with Crippen molar-refractivity contribution in [3.63, 3.8) is 0 Å². The quantitative estimate of drug-likeness (QED) is 0.879. The maximum atomic E-state index is 5.83. The van der Waals surface area contributed by atoms with Gasteiger partial charge in [0.15, 0.2) is 0 Å². The summed E-state index contributed by atoms with van der Waals surface area (Å²) in [5, 5.41) is 3.33. The van der Waals surface area contributed by atoms with E-state index in [-0.39, 0.29) is 5.92 Å². The Kier molecular flexibility index (Phi) is 4.00. The minimum atomic E-state index is 0.255. The number of hydrogen-bond donors (Lipinski definition) is 2. The lowest BCUT2D eigenvalue weighted by atomic mass is 10.1. The molecule has 3 N–H and O–H groups in total. The molecule has 0 aliphatic carbocycles. The molecule has 1 aromatic heterocycles. The summed E-state index contributed by atoms with van der Waals surface area (Å²) in [7, 11) is 0. The topological polar surface area (TPSA) is 63.8 Å². The number of hydrogen-bond acceptors (Lipinski definition) is 4. The van der Waals surface area contributed by atoms with Crippen LogP contribution in [0.15, 0.2) is 30.3 Å². The van der Waals surface area contributed by atoms with Crippen molar-refractivity contribution < 1.29 is 0 Å². The SMILES string of the molecule is CCc1ccccc1Nc1cc(N)nc(C(C)C)n1. The van der Waals surface area contributed by atoms with Crippen molar-refractivity contribution in [3.8, 4) is 0 Å². The van der Waals surface area contributed by atoms with Crippen LogP contribution in [-0.2, 0) is 6.42 Å². The second-order valence-corrected chi connectivity index (χ2v) is 4.83. The van der Waals surface area contributed by atoms with Crippen LogP contribution in [0.5, 0.6) is 0 Å². The number of aromatic nitrogens is 2. The van der Waals surface area contributed by atoms with Crippen LogP contribution in [-0.4, -0.2) is 9.97 Å². The average Bonchev–Trinajstić information content (AvgIpc) is 2.38. The molecule has 1 aromatic carbocycles. The van der Waals surface area contributed by atoms with Crippen molar-refractivity contribution in [1.29, 1.82) is 0 Å². The Bertz CT molecular complexity index is 564. The molecule has 0 bridgehead atoms. The van der Waals surface area contributed by atoms with Gasteiger partial charge in [-0.2, -0.15) is 0 Å². The van der Waals surface area contributed by atoms with E-state index in [1.54, 1.807) is 6.07 Å². The van der Waals surface area contributed by atoms with Gasteiger partial charge in [-0.3, -0.25) is 0 Å². The van der Waals surface area contributed by atoms with E-state index in [9.17, 15) is 0 Å². The fourth-order valence-corrected chi connectivity index (χ4v) is 1.90. The van der Waals surface area contributed by atoms with E-state index in [1.807, 2.05) is 18.2 Å². The molecule has 0 radical (unpaired) electrons. The van der Waals surface area contributed by atoms with Crippen LogP contribution in [0.4, 0.5) is 17.3 Å². The van der Waals surface area contributed by atoms with Crippen LogP contribution in [0.2, 0.25) is 0 Å². The normalized spacial score (nSPS) is 10.7. The Morgan fingerprint density at radius 3 is 2.63 bits per heavy atom. The monoisotopic (exact) mass is 256 g/mol. The first kappa shape index (κ1) is 13.3. The largest absolute Gasteiger partial charge is 0.384 e. The van der Waals surface area contributed by atoms with Gasteiger partial charge in [-0.15, -0.1) is 0 Å². The zero-order valence-electron chi connectivity index (χ0n) is 11.6. The van der Waals surface area contributed by atoms with Gasteiger partial charge in [0.1, 0.15) is 17.5 Å². The number of nitrogens with zero attached hydrogens (tertiary/aromatic N) is 2. The number of nitrogen functional groups attached to an aromatic ring is 1. The molecule has 4 nitrogen and oxygen atoms in total. The highest BCUT2D eigenvalue weighted by atomic mass is 15.1. The molecule has 0 unspecified atom stereocenters. The van der Waals surface area contributed by atoms with Crippen molar-refractivity contribution in [2.75, 3.05) is 11.1 Å². The van der Waals surface area contributed by atoms with Crippen molar-refractivity contribution in [3.05, 3.63) is 41.7 Å². The Morgan fingerprint density at radius 2 is 1.95 bits per heavy atom. The van der Waals surface area contributed by atoms with E-state index in [2.05, 4.69) is 42.1 Å². The molecule has 4 heteroatoms. The molecule has 0 fully saturated rings. The van der Waals surface area contributed by atoms with E-state index in [4.69, 9.17) is 5.73 Å². The van der Waals surface area contributed by atoms with Crippen molar-refractivity contribution in [2.45, 2.75) is 33.1 Å². The summed E-state index contributed by atoms with van der Waals surface area (Å²) in [6.07, 6.45) is 0.973. The zero-order valence-corrected chi connectivity index (χ0v) is 11.6. The smallest absolute Gasteiger partial charge is 0.136 e. The molecule has 0 atom stereocenters. The van der Waals surface area contributed by atoms with Crippen molar-refractivity contribution >= 4 is 17.3 Å². The number of rotatable bonds is 4. The van der Waals surface area contributed by atoms with Crippen LogP contribution < -0.4 is 11.1 Å². The fourth-order valence-electron chi connectivity index (χ4n) is 1.90. The number of anilines is 3. The predicted molar refractivity (Wildman–Crippen MR) is 79.6 cm³/mol. The first-order valence-electron chi connectivity index (χ1n) is 6.59. The van der Waals surface area contributed by atoms with Gasteiger partial charge in [0.2, 0.25) is 0 Å². The van der Waals surface area contributed by atoms with Gasteiger partial charge in [0.05, 0.1) is 0 Å². The molecule has 100 valence electrons. The van der Waals surface area contributed by atoms with Gasteiger partial charge in [-0.1, -0.05) is 39.0 Å². The van der Waals surface area contributed by atoms with E-state index < -0.39 is 0 Å². The van der Waals surface area contributed by atoms with E-state index >= 15 is 0 Å². The Labute approximate surface area is 114 Å². The summed E-state index contributed by atoms with van der Waals surface area (Å²) >= 11 is 0. The molecular weight excluding hydrogens is 236 g/mol. The number of nitrogens with two attached hydrogens (primary N) is 1.